The highest BCUT2D eigenvalue weighted by Crippen LogP contribution is 2.28. The van der Waals surface area contributed by atoms with Gasteiger partial charge in [-0.2, -0.15) is 0 Å². The fourth-order valence-corrected chi connectivity index (χ4v) is 1.84. The number of rotatable bonds is 3. The first-order valence-corrected chi connectivity index (χ1v) is 5.04. The lowest BCUT2D eigenvalue weighted by molar-refractivity contribution is -0.143. The van der Waals surface area contributed by atoms with E-state index < -0.39 is 18.1 Å². The molecule has 2 rings (SSSR count). The number of hydrogen-bond donors (Lipinski definition) is 2. The van der Waals surface area contributed by atoms with E-state index in [-0.39, 0.29) is 0 Å². The van der Waals surface area contributed by atoms with Crippen molar-refractivity contribution in [2.24, 2.45) is 0 Å². The maximum atomic E-state index is 13.4. The molecule has 4 heteroatoms. The number of carboxylic acids is 1. The first-order chi connectivity index (χ1) is 7.61. The molecule has 0 spiro atoms. The van der Waals surface area contributed by atoms with Crippen LogP contribution in [0.5, 0.6) is 0 Å². The van der Waals surface area contributed by atoms with E-state index in [1.165, 1.54) is 0 Å². The van der Waals surface area contributed by atoms with Crippen LogP contribution in [0.1, 0.15) is 18.4 Å². The topological polar surface area (TPSA) is 53.1 Å². The SMILES string of the molecule is CC(c1c[nH]c2ccccc12)C(F)C(=O)O. The molecule has 16 heavy (non-hydrogen) atoms. The molecule has 2 atom stereocenters. The Labute approximate surface area is 91.9 Å². The number of fused-ring (bicyclic) bond motifs is 1. The molecule has 0 aliphatic rings. The zero-order valence-corrected chi connectivity index (χ0v) is 8.77. The number of carboxylic acid groups (broad SMARTS) is 1. The minimum atomic E-state index is -1.88. The van der Waals surface area contributed by atoms with Gasteiger partial charge in [0.05, 0.1) is 0 Å². The van der Waals surface area contributed by atoms with Gasteiger partial charge in [0, 0.05) is 23.0 Å². The Kier molecular flexibility index (Phi) is 2.64. The Morgan fingerprint density at radius 1 is 1.44 bits per heavy atom. The van der Waals surface area contributed by atoms with Crippen molar-refractivity contribution in [2.45, 2.75) is 19.0 Å². The number of carbonyl (C=O) groups is 1. The van der Waals surface area contributed by atoms with Gasteiger partial charge in [-0.3, -0.25) is 0 Å². The molecule has 0 radical (unpaired) electrons. The quantitative estimate of drug-likeness (QED) is 0.837. The summed E-state index contributed by atoms with van der Waals surface area (Å²) in [5.74, 6) is -2.08. The molecule has 1 aromatic heterocycles. The molecule has 0 aliphatic carbocycles. The lowest BCUT2D eigenvalue weighted by atomic mass is 9.96. The normalized spacial score (nSPS) is 14.9. The van der Waals surface area contributed by atoms with Gasteiger partial charge >= 0.3 is 5.97 Å². The second-order valence-corrected chi connectivity index (χ2v) is 3.82. The van der Waals surface area contributed by atoms with E-state index in [4.69, 9.17) is 5.11 Å². The van der Waals surface area contributed by atoms with E-state index in [1.807, 2.05) is 24.3 Å². The number of H-pyrrole nitrogens is 1. The van der Waals surface area contributed by atoms with E-state index >= 15 is 0 Å². The summed E-state index contributed by atoms with van der Waals surface area (Å²) in [6, 6.07) is 7.45. The monoisotopic (exact) mass is 221 g/mol. The zero-order valence-electron chi connectivity index (χ0n) is 8.77. The van der Waals surface area contributed by atoms with Crippen LogP contribution < -0.4 is 0 Å². The molecule has 0 aliphatic heterocycles. The molecule has 2 N–H and O–H groups in total. The summed E-state index contributed by atoms with van der Waals surface area (Å²) in [6.45, 7) is 1.58. The van der Waals surface area contributed by atoms with Crippen LogP contribution in [-0.4, -0.2) is 22.2 Å². The smallest absolute Gasteiger partial charge is 0.338 e. The number of halogens is 1. The number of hydrogen-bond acceptors (Lipinski definition) is 1. The molecular formula is C12H12FNO2. The molecule has 0 amide bonds. The molecule has 2 unspecified atom stereocenters. The first kappa shape index (κ1) is 10.7. The van der Waals surface area contributed by atoms with Crippen LogP contribution in [0, 0.1) is 0 Å². The number of nitrogens with one attached hydrogen (secondary N) is 1. The minimum absolute atomic E-state index is 0.659. The Morgan fingerprint density at radius 2 is 2.12 bits per heavy atom. The van der Waals surface area contributed by atoms with Crippen molar-refractivity contribution in [2.75, 3.05) is 0 Å². The summed E-state index contributed by atoms with van der Waals surface area (Å²) >= 11 is 0. The number of aliphatic carboxylic acids is 1. The molecule has 1 heterocycles. The average Bonchev–Trinajstić information content (AvgIpc) is 2.70. The number of alkyl halides is 1. The zero-order chi connectivity index (χ0) is 11.7. The van der Waals surface area contributed by atoms with E-state index in [0.717, 1.165) is 10.9 Å². The minimum Gasteiger partial charge on any atom is -0.479 e. The maximum absolute atomic E-state index is 13.4. The number of para-hydroxylation sites is 1. The third-order valence-electron chi connectivity index (χ3n) is 2.79. The second kappa shape index (κ2) is 3.96. The van der Waals surface area contributed by atoms with Gasteiger partial charge in [-0.1, -0.05) is 25.1 Å². The molecule has 2 aromatic rings. The lowest BCUT2D eigenvalue weighted by Crippen LogP contribution is -2.21. The van der Waals surface area contributed by atoms with Gasteiger partial charge in [0.1, 0.15) is 0 Å². The summed E-state index contributed by atoms with van der Waals surface area (Å²) in [5.41, 5.74) is 1.59. The fraction of sp³-hybridized carbons (Fsp3) is 0.250. The van der Waals surface area contributed by atoms with Gasteiger partial charge < -0.3 is 10.1 Å². The van der Waals surface area contributed by atoms with Crippen molar-refractivity contribution in [3.63, 3.8) is 0 Å². The first-order valence-electron chi connectivity index (χ1n) is 5.04. The van der Waals surface area contributed by atoms with Crippen LogP contribution in [0.3, 0.4) is 0 Å². The molecule has 3 nitrogen and oxygen atoms in total. The van der Waals surface area contributed by atoms with E-state index in [9.17, 15) is 9.18 Å². The molecule has 0 saturated heterocycles. The predicted octanol–water partition coefficient (Wildman–Crippen LogP) is 2.69. The predicted molar refractivity (Wildman–Crippen MR) is 59.2 cm³/mol. The molecule has 0 fully saturated rings. The van der Waals surface area contributed by atoms with Gasteiger partial charge in [0.25, 0.3) is 0 Å². The Morgan fingerprint density at radius 3 is 2.81 bits per heavy atom. The average molecular weight is 221 g/mol. The van der Waals surface area contributed by atoms with Crippen molar-refractivity contribution < 1.29 is 14.3 Å². The van der Waals surface area contributed by atoms with Crippen molar-refractivity contribution in [3.8, 4) is 0 Å². The summed E-state index contributed by atoms with van der Waals surface area (Å²) < 4.78 is 13.4. The second-order valence-electron chi connectivity index (χ2n) is 3.82. The standard InChI is InChI=1S/C12H12FNO2/c1-7(11(13)12(15)16)9-6-14-10-5-3-2-4-8(9)10/h2-7,11,14H,1H3,(H,15,16). The third kappa shape index (κ3) is 1.66. The molecule has 1 aromatic carbocycles. The third-order valence-corrected chi connectivity index (χ3v) is 2.79. The van der Waals surface area contributed by atoms with Crippen LogP contribution >= 0.6 is 0 Å². The highest BCUT2D eigenvalue weighted by atomic mass is 19.1. The molecule has 84 valence electrons. The van der Waals surface area contributed by atoms with E-state index in [0.29, 0.717) is 5.56 Å². The van der Waals surface area contributed by atoms with Crippen LogP contribution in [-0.2, 0) is 4.79 Å². The maximum Gasteiger partial charge on any atom is 0.338 e. The Hall–Kier alpha value is -1.84. The Bertz CT molecular complexity index is 520. The summed E-state index contributed by atoms with van der Waals surface area (Å²) in [6.07, 6.45) is -0.204. The van der Waals surface area contributed by atoms with Crippen molar-refractivity contribution in [1.29, 1.82) is 0 Å². The van der Waals surface area contributed by atoms with Crippen molar-refractivity contribution >= 4 is 16.9 Å². The Balaban J connectivity index is 2.44. The van der Waals surface area contributed by atoms with Gasteiger partial charge in [-0.25, -0.2) is 9.18 Å². The van der Waals surface area contributed by atoms with Gasteiger partial charge in [-0.15, -0.1) is 0 Å². The van der Waals surface area contributed by atoms with Crippen LogP contribution in [0.15, 0.2) is 30.5 Å². The molecule has 0 saturated carbocycles. The van der Waals surface area contributed by atoms with E-state index in [1.54, 1.807) is 13.1 Å². The van der Waals surface area contributed by atoms with Gasteiger partial charge in [0.2, 0.25) is 6.17 Å². The number of aromatic amines is 1. The van der Waals surface area contributed by atoms with Gasteiger partial charge in [0.15, 0.2) is 0 Å². The lowest BCUT2D eigenvalue weighted by Gasteiger charge is -2.11. The highest BCUT2D eigenvalue weighted by Gasteiger charge is 2.26. The van der Waals surface area contributed by atoms with Crippen LogP contribution in [0.2, 0.25) is 0 Å². The van der Waals surface area contributed by atoms with Gasteiger partial charge in [-0.05, 0) is 11.6 Å². The largest absolute Gasteiger partial charge is 0.479 e. The molecular weight excluding hydrogens is 209 g/mol. The van der Waals surface area contributed by atoms with E-state index in [2.05, 4.69) is 4.98 Å². The van der Waals surface area contributed by atoms with Crippen LogP contribution in [0.25, 0.3) is 10.9 Å². The molecule has 0 bridgehead atoms. The van der Waals surface area contributed by atoms with Crippen LogP contribution in [0.4, 0.5) is 4.39 Å². The fourth-order valence-electron chi connectivity index (χ4n) is 1.84. The number of aromatic nitrogens is 1. The van der Waals surface area contributed by atoms with Crippen molar-refractivity contribution in [3.05, 3.63) is 36.0 Å². The number of benzene rings is 1. The van der Waals surface area contributed by atoms with Crippen molar-refractivity contribution in [1.82, 2.24) is 4.98 Å². The highest BCUT2D eigenvalue weighted by molar-refractivity contribution is 5.85. The summed E-state index contributed by atoms with van der Waals surface area (Å²) in [4.78, 5) is 13.6. The summed E-state index contributed by atoms with van der Waals surface area (Å²) in [7, 11) is 0. The summed E-state index contributed by atoms with van der Waals surface area (Å²) in [5, 5.41) is 9.51.